The molecule has 0 bridgehead atoms. The zero-order valence-corrected chi connectivity index (χ0v) is 17.1. The van der Waals surface area contributed by atoms with Crippen molar-refractivity contribution in [3.63, 3.8) is 0 Å². The minimum absolute atomic E-state index is 0.0940. The lowest BCUT2D eigenvalue weighted by Crippen LogP contribution is -2.40. The molecule has 2 aromatic rings. The lowest BCUT2D eigenvalue weighted by Gasteiger charge is -2.33. The number of likely N-dealkylation sites (tertiary alicyclic amines) is 1. The van der Waals surface area contributed by atoms with E-state index in [1.54, 1.807) is 12.1 Å². The third-order valence-corrected chi connectivity index (χ3v) is 6.83. The summed E-state index contributed by atoms with van der Waals surface area (Å²) in [6.45, 7) is 2.44. The summed E-state index contributed by atoms with van der Waals surface area (Å²) in [5, 5.41) is 0. The molecule has 30 heavy (non-hydrogen) atoms. The Hall–Kier alpha value is -2.54. The van der Waals surface area contributed by atoms with Crippen LogP contribution in [-0.4, -0.2) is 38.8 Å². The molecule has 3 heterocycles. The van der Waals surface area contributed by atoms with Gasteiger partial charge in [-0.2, -0.15) is 0 Å². The zero-order valence-electron chi connectivity index (χ0n) is 17.1. The van der Waals surface area contributed by atoms with E-state index in [4.69, 9.17) is 4.98 Å². The molecule has 1 N–H and O–H groups in total. The van der Waals surface area contributed by atoms with Crippen molar-refractivity contribution >= 4 is 5.91 Å². The lowest BCUT2D eigenvalue weighted by atomic mass is 9.84. The summed E-state index contributed by atoms with van der Waals surface area (Å²) in [6.07, 6.45) is 5.44. The van der Waals surface area contributed by atoms with Gasteiger partial charge in [-0.3, -0.25) is 14.5 Å². The average Bonchev–Trinajstić information content (AvgIpc) is 3.18. The highest BCUT2D eigenvalue weighted by Crippen LogP contribution is 2.36. The number of carbonyl (C=O) groups excluding carboxylic acids is 1. The second-order valence-electron chi connectivity index (χ2n) is 8.75. The summed E-state index contributed by atoms with van der Waals surface area (Å²) in [7, 11) is 0. The largest absolute Gasteiger partial charge is 0.332 e. The molecule has 0 radical (unpaired) electrons. The third-order valence-electron chi connectivity index (χ3n) is 6.83. The number of hydrogen-bond donors (Lipinski definition) is 1. The summed E-state index contributed by atoms with van der Waals surface area (Å²) in [5.41, 5.74) is 2.04. The number of aromatic nitrogens is 2. The van der Waals surface area contributed by atoms with Crippen molar-refractivity contribution in [1.29, 1.82) is 0 Å². The predicted molar refractivity (Wildman–Crippen MR) is 110 cm³/mol. The monoisotopic (exact) mass is 410 g/mol. The number of aromatic amines is 1. The normalized spacial score (nSPS) is 22.0. The van der Waals surface area contributed by atoms with Gasteiger partial charge in [-0.25, -0.2) is 9.37 Å². The Labute approximate surface area is 175 Å². The Morgan fingerprint density at radius 2 is 2.00 bits per heavy atom. The number of H-pyrrole nitrogens is 1. The molecule has 6 nitrogen and oxygen atoms in total. The van der Waals surface area contributed by atoms with Gasteiger partial charge < -0.3 is 9.88 Å². The fourth-order valence-electron chi connectivity index (χ4n) is 4.88. The fourth-order valence-corrected chi connectivity index (χ4v) is 4.88. The standard InChI is InChI=1S/C23H27FN4O2/c24-18-8-2-1-5-16(18)13-27-12-10-17-19(14-27)25-21(26-22(17)29)20-9-4-11-28(20)23(30)15-6-3-7-15/h1-2,5,8,15,20H,3-4,6-7,9-14H2,(H,25,26,29). The Morgan fingerprint density at radius 3 is 2.77 bits per heavy atom. The van der Waals surface area contributed by atoms with Crippen LogP contribution in [0, 0.1) is 11.7 Å². The molecule has 0 spiro atoms. The number of rotatable bonds is 4. The molecule has 2 aliphatic heterocycles. The van der Waals surface area contributed by atoms with Gasteiger partial charge in [0.1, 0.15) is 11.6 Å². The van der Waals surface area contributed by atoms with Crippen LogP contribution in [0.25, 0.3) is 0 Å². The maximum absolute atomic E-state index is 14.1. The molecule has 1 aromatic heterocycles. The molecule has 2 fully saturated rings. The minimum atomic E-state index is -0.209. The van der Waals surface area contributed by atoms with Crippen molar-refractivity contribution in [3.8, 4) is 0 Å². The molecule has 1 aliphatic carbocycles. The predicted octanol–water partition coefficient (Wildman–Crippen LogP) is 2.93. The maximum Gasteiger partial charge on any atom is 0.254 e. The summed E-state index contributed by atoms with van der Waals surface area (Å²) in [5.74, 6) is 0.757. The van der Waals surface area contributed by atoms with Crippen LogP contribution in [0.5, 0.6) is 0 Å². The van der Waals surface area contributed by atoms with Crippen LogP contribution in [-0.2, 0) is 24.3 Å². The van der Waals surface area contributed by atoms with Gasteiger partial charge in [0.25, 0.3) is 5.56 Å². The third kappa shape index (κ3) is 3.55. The van der Waals surface area contributed by atoms with Crippen LogP contribution in [0.2, 0.25) is 0 Å². The van der Waals surface area contributed by atoms with Gasteiger partial charge >= 0.3 is 0 Å². The number of amides is 1. The van der Waals surface area contributed by atoms with Crippen LogP contribution in [0.15, 0.2) is 29.1 Å². The molecule has 1 atom stereocenters. The summed E-state index contributed by atoms with van der Waals surface area (Å²) in [6, 6.07) is 6.66. The first-order valence-corrected chi connectivity index (χ1v) is 11.0. The molecular formula is C23H27FN4O2. The number of carbonyl (C=O) groups is 1. The molecule has 5 rings (SSSR count). The molecule has 7 heteroatoms. The maximum atomic E-state index is 14.1. The minimum Gasteiger partial charge on any atom is -0.332 e. The highest BCUT2D eigenvalue weighted by atomic mass is 19.1. The smallest absolute Gasteiger partial charge is 0.254 e. The lowest BCUT2D eigenvalue weighted by molar-refractivity contribution is -0.139. The van der Waals surface area contributed by atoms with Crippen molar-refractivity contribution in [3.05, 3.63) is 63.1 Å². The van der Waals surface area contributed by atoms with E-state index in [1.165, 1.54) is 6.07 Å². The van der Waals surface area contributed by atoms with E-state index >= 15 is 0 Å². The van der Waals surface area contributed by atoms with Gasteiger partial charge in [-0.05, 0) is 38.2 Å². The number of nitrogens with one attached hydrogen (secondary N) is 1. The molecule has 3 aliphatic rings. The van der Waals surface area contributed by atoms with Gasteiger partial charge in [0.15, 0.2) is 0 Å². The van der Waals surface area contributed by atoms with Crippen molar-refractivity contribution in [2.45, 2.75) is 57.7 Å². The number of fused-ring (bicyclic) bond motifs is 1. The number of nitrogens with zero attached hydrogens (tertiary/aromatic N) is 3. The van der Waals surface area contributed by atoms with Crippen LogP contribution < -0.4 is 5.56 Å². The Kier molecular flexibility index (Phi) is 5.15. The van der Waals surface area contributed by atoms with E-state index in [0.717, 1.165) is 49.9 Å². The highest BCUT2D eigenvalue weighted by molar-refractivity contribution is 5.80. The summed E-state index contributed by atoms with van der Waals surface area (Å²) in [4.78, 5) is 37.4. The molecule has 1 amide bonds. The first-order valence-electron chi connectivity index (χ1n) is 11.0. The van der Waals surface area contributed by atoms with Gasteiger partial charge in [-0.1, -0.05) is 24.6 Å². The topological polar surface area (TPSA) is 69.3 Å². The van der Waals surface area contributed by atoms with Gasteiger partial charge in [0.2, 0.25) is 5.91 Å². The first kappa shape index (κ1) is 19.4. The van der Waals surface area contributed by atoms with E-state index in [9.17, 15) is 14.0 Å². The van der Waals surface area contributed by atoms with Crippen molar-refractivity contribution in [1.82, 2.24) is 19.8 Å². The van der Waals surface area contributed by atoms with E-state index in [0.29, 0.717) is 37.4 Å². The number of hydrogen-bond acceptors (Lipinski definition) is 4. The summed E-state index contributed by atoms with van der Waals surface area (Å²) >= 11 is 0. The summed E-state index contributed by atoms with van der Waals surface area (Å²) < 4.78 is 14.1. The second-order valence-corrected chi connectivity index (χ2v) is 8.75. The molecule has 158 valence electrons. The van der Waals surface area contributed by atoms with Crippen LogP contribution >= 0.6 is 0 Å². The van der Waals surface area contributed by atoms with E-state index in [1.807, 2.05) is 11.0 Å². The Bertz CT molecular complexity index is 1020. The Morgan fingerprint density at radius 1 is 1.17 bits per heavy atom. The average molecular weight is 410 g/mol. The molecule has 1 unspecified atom stereocenters. The molecule has 1 aromatic carbocycles. The van der Waals surface area contributed by atoms with Gasteiger partial charge in [-0.15, -0.1) is 0 Å². The quantitative estimate of drug-likeness (QED) is 0.842. The van der Waals surface area contributed by atoms with E-state index in [2.05, 4.69) is 9.88 Å². The van der Waals surface area contributed by atoms with E-state index < -0.39 is 0 Å². The van der Waals surface area contributed by atoms with Crippen LogP contribution in [0.3, 0.4) is 0 Å². The van der Waals surface area contributed by atoms with Gasteiger partial charge in [0.05, 0.1) is 11.7 Å². The SMILES string of the molecule is O=C(C1CCC1)N1CCCC1c1nc2c(c(=O)[nH]1)CCN(Cc1ccccc1F)C2. The van der Waals surface area contributed by atoms with Gasteiger partial charge in [0, 0.05) is 43.2 Å². The van der Waals surface area contributed by atoms with E-state index in [-0.39, 0.29) is 29.2 Å². The molecule has 1 saturated heterocycles. The second kappa shape index (κ2) is 7.95. The van der Waals surface area contributed by atoms with Crippen molar-refractivity contribution in [2.75, 3.05) is 13.1 Å². The van der Waals surface area contributed by atoms with Crippen LogP contribution in [0.1, 0.15) is 60.8 Å². The van der Waals surface area contributed by atoms with Crippen molar-refractivity contribution < 1.29 is 9.18 Å². The number of halogens is 1. The van der Waals surface area contributed by atoms with Crippen molar-refractivity contribution in [2.24, 2.45) is 5.92 Å². The zero-order chi connectivity index (χ0) is 20.7. The van der Waals surface area contributed by atoms with Crippen LogP contribution in [0.4, 0.5) is 4.39 Å². The number of benzene rings is 1. The molecular weight excluding hydrogens is 383 g/mol. The highest BCUT2D eigenvalue weighted by Gasteiger charge is 2.37. The first-order chi connectivity index (χ1) is 14.6. The Balaban J connectivity index is 1.38. The molecule has 1 saturated carbocycles. The fraction of sp³-hybridized carbons (Fsp3) is 0.522.